The molecule has 22 heavy (non-hydrogen) atoms. The Labute approximate surface area is 134 Å². The fraction of sp³-hybridized carbons (Fsp3) is 0.538. The van der Waals surface area contributed by atoms with Gasteiger partial charge in [-0.2, -0.15) is 4.31 Å². The molecule has 0 saturated carbocycles. The molecule has 0 bridgehead atoms. The molecule has 2 aliphatic rings. The van der Waals surface area contributed by atoms with Crippen molar-refractivity contribution in [1.82, 2.24) is 19.5 Å². The molecule has 0 aliphatic carbocycles. The molecule has 2 fully saturated rings. The first-order valence-electron chi connectivity index (χ1n) is 7.14. The van der Waals surface area contributed by atoms with Crippen LogP contribution in [0.15, 0.2) is 23.2 Å². The van der Waals surface area contributed by atoms with Crippen LogP contribution < -0.4 is 5.32 Å². The molecule has 3 rings (SSSR count). The molecule has 120 valence electrons. The Bertz CT molecular complexity index is 656. The summed E-state index contributed by atoms with van der Waals surface area (Å²) in [5.74, 6) is 0. The lowest BCUT2D eigenvalue weighted by Crippen LogP contribution is -2.47. The van der Waals surface area contributed by atoms with E-state index in [1.165, 1.54) is 22.6 Å². The minimum atomic E-state index is -3.55. The van der Waals surface area contributed by atoms with Crippen molar-refractivity contribution >= 4 is 27.7 Å². The number of carbonyl (C=O) groups is 1. The van der Waals surface area contributed by atoms with Crippen molar-refractivity contribution < 1.29 is 13.2 Å². The van der Waals surface area contributed by atoms with E-state index in [0.29, 0.717) is 39.0 Å². The number of urea groups is 1. The van der Waals surface area contributed by atoms with Crippen LogP contribution in [0.25, 0.3) is 0 Å². The number of sulfonamides is 1. The van der Waals surface area contributed by atoms with Crippen molar-refractivity contribution in [3.05, 3.63) is 23.5 Å². The number of rotatable bonds is 3. The zero-order valence-corrected chi connectivity index (χ0v) is 13.5. The normalized spacial score (nSPS) is 21.1. The highest BCUT2D eigenvalue weighted by Crippen LogP contribution is 2.24. The van der Waals surface area contributed by atoms with Gasteiger partial charge >= 0.3 is 6.03 Å². The minimum absolute atomic E-state index is 0.0526. The zero-order chi connectivity index (χ0) is 15.7. The maximum Gasteiger partial charge on any atom is 0.317 e. The largest absolute Gasteiger partial charge is 0.336 e. The summed E-state index contributed by atoms with van der Waals surface area (Å²) < 4.78 is 26.5. The Kier molecular flexibility index (Phi) is 4.24. The Hall–Kier alpha value is -1.38. The number of hydrogen-bond acceptors (Lipinski definition) is 4. The van der Waals surface area contributed by atoms with Crippen LogP contribution in [0.2, 0.25) is 5.15 Å². The monoisotopic (exact) mass is 344 g/mol. The van der Waals surface area contributed by atoms with Gasteiger partial charge in [-0.15, -0.1) is 0 Å². The Balaban J connectivity index is 1.68. The SMILES string of the molecule is O=C1NCCN1C1CCN(S(=O)(=O)c2ccc(Cl)nc2)CC1. The van der Waals surface area contributed by atoms with Gasteiger partial charge in [-0.05, 0) is 25.0 Å². The highest BCUT2D eigenvalue weighted by Gasteiger charge is 2.34. The van der Waals surface area contributed by atoms with Gasteiger partial charge in [-0.25, -0.2) is 18.2 Å². The van der Waals surface area contributed by atoms with Crippen molar-refractivity contribution in [2.75, 3.05) is 26.2 Å². The summed E-state index contributed by atoms with van der Waals surface area (Å²) in [5, 5.41) is 3.04. The summed E-state index contributed by atoms with van der Waals surface area (Å²) in [7, 11) is -3.55. The Morgan fingerprint density at radius 3 is 2.50 bits per heavy atom. The van der Waals surface area contributed by atoms with Gasteiger partial charge in [0.05, 0.1) is 0 Å². The van der Waals surface area contributed by atoms with Crippen LogP contribution in [-0.2, 0) is 10.0 Å². The van der Waals surface area contributed by atoms with E-state index in [4.69, 9.17) is 11.6 Å². The molecule has 0 atom stereocenters. The quantitative estimate of drug-likeness (QED) is 0.826. The molecule has 0 radical (unpaired) electrons. The van der Waals surface area contributed by atoms with Crippen LogP contribution in [0.4, 0.5) is 4.79 Å². The van der Waals surface area contributed by atoms with Crippen LogP contribution in [0, 0.1) is 0 Å². The summed E-state index contributed by atoms with van der Waals surface area (Å²) in [6, 6.07) is 2.99. The number of hydrogen-bond donors (Lipinski definition) is 1. The molecule has 0 aromatic carbocycles. The van der Waals surface area contributed by atoms with Crippen molar-refractivity contribution in [2.24, 2.45) is 0 Å². The fourth-order valence-electron chi connectivity index (χ4n) is 2.89. The van der Waals surface area contributed by atoms with E-state index in [1.807, 2.05) is 0 Å². The lowest BCUT2D eigenvalue weighted by molar-refractivity contribution is 0.167. The summed E-state index contributed by atoms with van der Waals surface area (Å²) in [6.45, 7) is 2.16. The number of piperidine rings is 1. The number of nitrogens with one attached hydrogen (secondary N) is 1. The van der Waals surface area contributed by atoms with E-state index in [-0.39, 0.29) is 22.1 Å². The zero-order valence-electron chi connectivity index (χ0n) is 11.9. The van der Waals surface area contributed by atoms with E-state index in [2.05, 4.69) is 10.3 Å². The third kappa shape index (κ3) is 2.90. The van der Waals surface area contributed by atoms with Gasteiger partial charge in [-0.3, -0.25) is 0 Å². The molecule has 2 amide bonds. The second-order valence-corrected chi connectivity index (χ2v) is 7.70. The Morgan fingerprint density at radius 2 is 1.95 bits per heavy atom. The second-order valence-electron chi connectivity index (χ2n) is 5.38. The first kappa shape index (κ1) is 15.5. The fourth-order valence-corrected chi connectivity index (χ4v) is 4.42. The molecule has 1 N–H and O–H groups in total. The van der Waals surface area contributed by atoms with E-state index in [0.717, 1.165) is 0 Å². The maximum absolute atomic E-state index is 12.5. The molecule has 0 unspecified atom stereocenters. The molecule has 1 aromatic heterocycles. The summed E-state index contributed by atoms with van der Waals surface area (Å²) in [6.07, 6.45) is 2.57. The van der Waals surface area contributed by atoms with E-state index in [1.54, 1.807) is 4.90 Å². The van der Waals surface area contributed by atoms with Crippen LogP contribution in [0.5, 0.6) is 0 Å². The van der Waals surface area contributed by atoms with Crippen LogP contribution >= 0.6 is 11.6 Å². The minimum Gasteiger partial charge on any atom is -0.336 e. The van der Waals surface area contributed by atoms with Crippen molar-refractivity contribution in [3.63, 3.8) is 0 Å². The standard InChI is InChI=1S/C13H17ClN4O3S/c14-12-2-1-11(9-16-12)22(20,21)17-6-3-10(4-7-17)18-8-5-15-13(18)19/h1-2,9-10H,3-8H2,(H,15,19). The molecule has 2 aliphatic heterocycles. The number of nitrogens with zero attached hydrogens (tertiary/aromatic N) is 3. The topological polar surface area (TPSA) is 82.6 Å². The van der Waals surface area contributed by atoms with Crippen LogP contribution in [0.3, 0.4) is 0 Å². The van der Waals surface area contributed by atoms with Gasteiger partial charge in [0.25, 0.3) is 0 Å². The molecular weight excluding hydrogens is 328 g/mol. The first-order chi connectivity index (χ1) is 10.5. The Morgan fingerprint density at radius 1 is 1.23 bits per heavy atom. The van der Waals surface area contributed by atoms with Gasteiger partial charge in [0.2, 0.25) is 10.0 Å². The number of carbonyl (C=O) groups excluding carboxylic acids is 1. The van der Waals surface area contributed by atoms with E-state index in [9.17, 15) is 13.2 Å². The molecule has 1 aromatic rings. The highest BCUT2D eigenvalue weighted by atomic mass is 35.5. The molecule has 0 spiro atoms. The van der Waals surface area contributed by atoms with Crippen LogP contribution in [-0.4, -0.2) is 60.9 Å². The van der Waals surface area contributed by atoms with Crippen LogP contribution in [0.1, 0.15) is 12.8 Å². The number of pyridine rings is 1. The number of aromatic nitrogens is 1. The van der Waals surface area contributed by atoms with Gasteiger partial charge in [-0.1, -0.05) is 11.6 Å². The number of amides is 2. The lowest BCUT2D eigenvalue weighted by atomic mass is 10.1. The van der Waals surface area contributed by atoms with Crippen molar-refractivity contribution in [1.29, 1.82) is 0 Å². The average Bonchev–Trinajstić information content (AvgIpc) is 2.94. The smallest absolute Gasteiger partial charge is 0.317 e. The maximum atomic E-state index is 12.5. The predicted octanol–water partition coefficient (Wildman–Crippen LogP) is 0.913. The van der Waals surface area contributed by atoms with Crippen molar-refractivity contribution in [2.45, 2.75) is 23.8 Å². The summed E-state index contributed by atoms with van der Waals surface area (Å²) in [4.78, 5) is 17.4. The third-order valence-corrected chi connectivity index (χ3v) is 6.20. The predicted molar refractivity (Wildman–Crippen MR) is 81.1 cm³/mol. The molecular formula is C13H17ClN4O3S. The lowest BCUT2D eigenvalue weighted by Gasteiger charge is -2.35. The molecule has 9 heteroatoms. The summed E-state index contributed by atoms with van der Waals surface area (Å²) in [5.41, 5.74) is 0. The van der Waals surface area contributed by atoms with Gasteiger partial charge < -0.3 is 10.2 Å². The van der Waals surface area contributed by atoms with E-state index >= 15 is 0 Å². The first-order valence-corrected chi connectivity index (χ1v) is 8.96. The molecule has 3 heterocycles. The molecule has 2 saturated heterocycles. The molecule has 7 nitrogen and oxygen atoms in total. The van der Waals surface area contributed by atoms with Gasteiger partial charge in [0.15, 0.2) is 0 Å². The third-order valence-electron chi connectivity index (χ3n) is 4.09. The van der Waals surface area contributed by atoms with E-state index < -0.39 is 10.0 Å². The second kappa shape index (κ2) is 6.02. The van der Waals surface area contributed by atoms with Gasteiger partial charge in [0, 0.05) is 38.4 Å². The summed E-state index contributed by atoms with van der Waals surface area (Å²) >= 11 is 5.69. The van der Waals surface area contributed by atoms with Crippen molar-refractivity contribution in [3.8, 4) is 0 Å². The average molecular weight is 345 g/mol. The highest BCUT2D eigenvalue weighted by molar-refractivity contribution is 7.89. The number of halogens is 1. The van der Waals surface area contributed by atoms with Gasteiger partial charge in [0.1, 0.15) is 10.0 Å².